The molecular formula is C20H20N4O. The van der Waals surface area contributed by atoms with Crippen molar-refractivity contribution in [3.05, 3.63) is 70.3 Å². The Bertz CT molecular complexity index is 1120. The van der Waals surface area contributed by atoms with Gasteiger partial charge in [-0.1, -0.05) is 23.8 Å². The first-order valence-corrected chi connectivity index (χ1v) is 8.26. The van der Waals surface area contributed by atoms with Gasteiger partial charge >= 0.3 is 0 Å². The van der Waals surface area contributed by atoms with Crippen LogP contribution in [0.15, 0.2) is 53.6 Å². The summed E-state index contributed by atoms with van der Waals surface area (Å²) in [6, 6.07) is 14.3. The van der Waals surface area contributed by atoms with Gasteiger partial charge < -0.3 is 9.88 Å². The van der Waals surface area contributed by atoms with E-state index in [0.717, 1.165) is 33.2 Å². The van der Waals surface area contributed by atoms with E-state index >= 15 is 0 Å². The number of H-pyrrole nitrogens is 1. The van der Waals surface area contributed by atoms with Crippen molar-refractivity contribution in [3.63, 3.8) is 0 Å². The molecule has 0 amide bonds. The third kappa shape index (κ3) is 2.67. The predicted molar refractivity (Wildman–Crippen MR) is 102 cm³/mol. The van der Waals surface area contributed by atoms with Gasteiger partial charge in [-0.2, -0.15) is 0 Å². The Morgan fingerprint density at radius 1 is 1.12 bits per heavy atom. The van der Waals surface area contributed by atoms with Crippen LogP contribution >= 0.6 is 0 Å². The van der Waals surface area contributed by atoms with Crippen LogP contribution in [0.25, 0.3) is 21.9 Å². The van der Waals surface area contributed by atoms with E-state index in [1.807, 2.05) is 45.3 Å². The quantitative estimate of drug-likeness (QED) is 0.626. The maximum atomic E-state index is 12.8. The van der Waals surface area contributed by atoms with Gasteiger partial charge in [-0.05, 0) is 36.8 Å². The van der Waals surface area contributed by atoms with Gasteiger partial charge in [0.15, 0.2) is 0 Å². The van der Waals surface area contributed by atoms with E-state index in [-0.39, 0.29) is 5.56 Å². The van der Waals surface area contributed by atoms with Gasteiger partial charge in [0.2, 0.25) is 0 Å². The standard InChI is InChI=1S/C20H20N4O/c1-13-4-9-17-16(10-13)18-19(22-17)20(25)24(12-21-18)11-14-5-7-15(8-6-14)23(2)3/h4-10,12,22H,11H2,1-3H3. The Labute approximate surface area is 145 Å². The number of aromatic nitrogens is 3. The van der Waals surface area contributed by atoms with Crippen LogP contribution < -0.4 is 10.5 Å². The van der Waals surface area contributed by atoms with Gasteiger partial charge in [-0.25, -0.2) is 4.98 Å². The summed E-state index contributed by atoms with van der Waals surface area (Å²) in [7, 11) is 4.02. The highest BCUT2D eigenvalue weighted by Crippen LogP contribution is 2.22. The molecule has 0 atom stereocenters. The zero-order valence-electron chi connectivity index (χ0n) is 14.6. The Hall–Kier alpha value is -3.08. The lowest BCUT2D eigenvalue weighted by Crippen LogP contribution is -2.21. The summed E-state index contributed by atoms with van der Waals surface area (Å²) in [6.07, 6.45) is 1.64. The Kier molecular flexibility index (Phi) is 3.57. The maximum Gasteiger partial charge on any atom is 0.277 e. The molecule has 0 unspecified atom stereocenters. The fraction of sp³-hybridized carbons (Fsp3) is 0.200. The minimum Gasteiger partial charge on any atom is -0.378 e. The van der Waals surface area contributed by atoms with Crippen LogP contribution in [0.1, 0.15) is 11.1 Å². The summed E-state index contributed by atoms with van der Waals surface area (Å²) in [5.74, 6) is 0. The molecule has 5 nitrogen and oxygen atoms in total. The zero-order valence-corrected chi connectivity index (χ0v) is 14.6. The molecule has 4 aromatic rings. The minimum absolute atomic E-state index is 0.0458. The highest BCUT2D eigenvalue weighted by Gasteiger charge is 2.11. The van der Waals surface area contributed by atoms with E-state index in [9.17, 15) is 4.79 Å². The van der Waals surface area contributed by atoms with E-state index in [2.05, 4.69) is 33.1 Å². The lowest BCUT2D eigenvalue weighted by molar-refractivity contribution is 0.747. The third-order valence-electron chi connectivity index (χ3n) is 4.53. The Morgan fingerprint density at radius 2 is 1.88 bits per heavy atom. The first kappa shape index (κ1) is 15.4. The lowest BCUT2D eigenvalue weighted by atomic mass is 10.1. The molecule has 4 rings (SSSR count). The van der Waals surface area contributed by atoms with Crippen molar-refractivity contribution < 1.29 is 0 Å². The van der Waals surface area contributed by atoms with Crippen LogP contribution in [0.3, 0.4) is 0 Å². The van der Waals surface area contributed by atoms with E-state index < -0.39 is 0 Å². The van der Waals surface area contributed by atoms with Crippen LogP contribution in [0.5, 0.6) is 0 Å². The first-order chi connectivity index (χ1) is 12.0. The van der Waals surface area contributed by atoms with Crippen LogP contribution in [0.2, 0.25) is 0 Å². The fourth-order valence-electron chi connectivity index (χ4n) is 3.11. The molecule has 0 bridgehead atoms. The molecule has 1 N–H and O–H groups in total. The monoisotopic (exact) mass is 332 g/mol. The molecule has 0 aliphatic rings. The van der Waals surface area contributed by atoms with E-state index in [4.69, 9.17) is 0 Å². The SMILES string of the molecule is Cc1ccc2[nH]c3c(=O)n(Cc4ccc(N(C)C)cc4)cnc3c2c1. The summed E-state index contributed by atoms with van der Waals surface area (Å²) in [5.41, 5.74) is 5.56. The molecule has 0 aliphatic carbocycles. The number of anilines is 1. The van der Waals surface area contributed by atoms with Gasteiger partial charge in [0.25, 0.3) is 5.56 Å². The summed E-state index contributed by atoms with van der Waals surface area (Å²) >= 11 is 0. The number of aryl methyl sites for hydroxylation is 1. The number of fused-ring (bicyclic) bond motifs is 3. The number of aromatic amines is 1. The average molecular weight is 332 g/mol. The van der Waals surface area contributed by atoms with Crippen LogP contribution in [-0.2, 0) is 6.54 Å². The highest BCUT2D eigenvalue weighted by atomic mass is 16.1. The second kappa shape index (κ2) is 5.77. The second-order valence-electron chi connectivity index (χ2n) is 6.64. The van der Waals surface area contributed by atoms with Crippen molar-refractivity contribution >= 4 is 27.6 Å². The van der Waals surface area contributed by atoms with Gasteiger partial charge in [0.05, 0.1) is 12.9 Å². The van der Waals surface area contributed by atoms with Crippen molar-refractivity contribution in [1.29, 1.82) is 0 Å². The van der Waals surface area contributed by atoms with Crippen LogP contribution in [0.4, 0.5) is 5.69 Å². The lowest BCUT2D eigenvalue weighted by Gasteiger charge is -2.13. The third-order valence-corrected chi connectivity index (χ3v) is 4.53. The molecule has 126 valence electrons. The number of nitrogens with one attached hydrogen (secondary N) is 1. The fourth-order valence-corrected chi connectivity index (χ4v) is 3.11. The molecule has 5 heteroatoms. The van der Waals surface area contributed by atoms with Gasteiger partial charge in [-0.3, -0.25) is 9.36 Å². The van der Waals surface area contributed by atoms with Crippen molar-refractivity contribution in [2.24, 2.45) is 0 Å². The number of rotatable bonds is 3. The maximum absolute atomic E-state index is 12.8. The molecule has 2 aromatic heterocycles. The minimum atomic E-state index is -0.0458. The smallest absolute Gasteiger partial charge is 0.277 e. The number of hydrogen-bond acceptors (Lipinski definition) is 3. The molecule has 2 aromatic carbocycles. The van der Waals surface area contributed by atoms with E-state index in [1.54, 1.807) is 10.9 Å². The summed E-state index contributed by atoms with van der Waals surface area (Å²) in [5, 5.41) is 0.995. The van der Waals surface area contributed by atoms with Gasteiger partial charge in [0.1, 0.15) is 11.0 Å². The number of nitrogens with zero attached hydrogens (tertiary/aromatic N) is 3. The van der Waals surface area contributed by atoms with Gasteiger partial charge in [-0.15, -0.1) is 0 Å². The topological polar surface area (TPSA) is 53.9 Å². The highest BCUT2D eigenvalue weighted by molar-refractivity contribution is 6.04. The second-order valence-corrected chi connectivity index (χ2v) is 6.64. The largest absolute Gasteiger partial charge is 0.378 e. The molecule has 0 radical (unpaired) electrons. The summed E-state index contributed by atoms with van der Waals surface area (Å²) in [4.78, 5) is 22.7. The molecule has 0 spiro atoms. The van der Waals surface area contributed by atoms with Crippen LogP contribution in [0, 0.1) is 6.92 Å². The molecule has 0 aliphatic heterocycles. The zero-order chi connectivity index (χ0) is 17.6. The van der Waals surface area contributed by atoms with Crippen molar-refractivity contribution in [3.8, 4) is 0 Å². The average Bonchev–Trinajstić information content (AvgIpc) is 2.96. The predicted octanol–water partition coefficient (Wildman–Crippen LogP) is 3.30. The molecule has 0 saturated heterocycles. The van der Waals surface area contributed by atoms with Gasteiger partial charge in [0, 0.05) is 30.7 Å². The van der Waals surface area contributed by atoms with Crippen molar-refractivity contribution in [2.75, 3.05) is 19.0 Å². The van der Waals surface area contributed by atoms with E-state index in [0.29, 0.717) is 12.1 Å². The Balaban J connectivity index is 1.76. The number of hydrogen-bond donors (Lipinski definition) is 1. The van der Waals surface area contributed by atoms with Crippen molar-refractivity contribution in [2.45, 2.75) is 13.5 Å². The van der Waals surface area contributed by atoms with Crippen LogP contribution in [-0.4, -0.2) is 28.6 Å². The Morgan fingerprint density at radius 3 is 2.60 bits per heavy atom. The molecule has 0 fully saturated rings. The molecular weight excluding hydrogens is 312 g/mol. The molecule has 2 heterocycles. The summed E-state index contributed by atoms with van der Waals surface area (Å²) < 4.78 is 1.65. The molecule has 25 heavy (non-hydrogen) atoms. The summed E-state index contributed by atoms with van der Waals surface area (Å²) in [6.45, 7) is 2.54. The molecule has 0 saturated carbocycles. The normalized spacial score (nSPS) is 11.3. The van der Waals surface area contributed by atoms with Crippen molar-refractivity contribution in [1.82, 2.24) is 14.5 Å². The number of benzene rings is 2. The van der Waals surface area contributed by atoms with E-state index in [1.165, 1.54) is 0 Å². The first-order valence-electron chi connectivity index (χ1n) is 8.26.